The number of amides is 1. The Balaban J connectivity index is 1.81. The topological polar surface area (TPSA) is 50.4 Å². The molecule has 0 aliphatic heterocycles. The van der Waals surface area contributed by atoms with E-state index in [0.717, 1.165) is 12.1 Å². The van der Waals surface area contributed by atoms with Crippen molar-refractivity contribution in [3.63, 3.8) is 0 Å². The van der Waals surface area contributed by atoms with Gasteiger partial charge in [-0.25, -0.2) is 0 Å². The van der Waals surface area contributed by atoms with Gasteiger partial charge in [0.1, 0.15) is 11.8 Å². The first-order chi connectivity index (χ1) is 11.1. The van der Waals surface area contributed by atoms with E-state index in [1.807, 2.05) is 43.3 Å². The molecule has 0 saturated carbocycles. The van der Waals surface area contributed by atoms with Crippen LogP contribution in [-0.2, 0) is 11.2 Å². The third kappa shape index (κ3) is 5.18. The van der Waals surface area contributed by atoms with Gasteiger partial charge in [0.05, 0.1) is 12.1 Å². The summed E-state index contributed by atoms with van der Waals surface area (Å²) >= 11 is 6.08. The lowest BCUT2D eigenvalue weighted by Gasteiger charge is -2.16. The fraction of sp³-hybridized carbons (Fsp3) is 0.278. The average molecular weight is 333 g/mol. The highest BCUT2D eigenvalue weighted by atomic mass is 35.5. The predicted molar refractivity (Wildman–Crippen MR) is 94.2 cm³/mol. The van der Waals surface area contributed by atoms with Gasteiger partial charge in [0, 0.05) is 12.2 Å². The zero-order chi connectivity index (χ0) is 16.7. The number of methoxy groups -OCH3 is 1. The highest BCUT2D eigenvalue weighted by Crippen LogP contribution is 2.27. The van der Waals surface area contributed by atoms with E-state index in [-0.39, 0.29) is 11.9 Å². The van der Waals surface area contributed by atoms with Gasteiger partial charge in [-0.1, -0.05) is 41.9 Å². The fourth-order valence-corrected chi connectivity index (χ4v) is 2.46. The van der Waals surface area contributed by atoms with Gasteiger partial charge in [-0.15, -0.1) is 0 Å². The molecular formula is C18H21ClN2O2. The van der Waals surface area contributed by atoms with Crippen molar-refractivity contribution in [1.82, 2.24) is 5.32 Å². The Morgan fingerprint density at radius 1 is 1.22 bits per heavy atom. The molecular weight excluding hydrogens is 312 g/mol. The quantitative estimate of drug-likeness (QED) is 0.815. The van der Waals surface area contributed by atoms with Gasteiger partial charge < -0.3 is 15.4 Å². The van der Waals surface area contributed by atoms with Crippen LogP contribution in [0.25, 0.3) is 0 Å². The second-order valence-corrected chi connectivity index (χ2v) is 5.65. The summed E-state index contributed by atoms with van der Waals surface area (Å²) in [5.41, 5.74) is 1.98. The Hall–Kier alpha value is -2.20. The predicted octanol–water partition coefficient (Wildman–Crippen LogP) is 3.51. The molecule has 5 heteroatoms. The summed E-state index contributed by atoms with van der Waals surface area (Å²) in [5, 5.41) is 6.57. The van der Waals surface area contributed by atoms with Gasteiger partial charge in [-0.3, -0.25) is 4.79 Å². The molecule has 0 aliphatic rings. The first-order valence-electron chi connectivity index (χ1n) is 7.52. The molecule has 0 aromatic heterocycles. The molecule has 0 spiro atoms. The van der Waals surface area contributed by atoms with Gasteiger partial charge in [0.25, 0.3) is 0 Å². The van der Waals surface area contributed by atoms with E-state index in [9.17, 15) is 4.79 Å². The van der Waals surface area contributed by atoms with Crippen molar-refractivity contribution in [3.8, 4) is 5.75 Å². The van der Waals surface area contributed by atoms with Crippen LogP contribution in [0.5, 0.6) is 5.75 Å². The number of ether oxygens (including phenoxy) is 1. The molecule has 2 N–H and O–H groups in total. The average Bonchev–Trinajstić information content (AvgIpc) is 2.56. The lowest BCUT2D eigenvalue weighted by Crippen LogP contribution is -2.38. The zero-order valence-electron chi connectivity index (χ0n) is 13.3. The molecule has 0 fully saturated rings. The van der Waals surface area contributed by atoms with Crippen molar-refractivity contribution >= 4 is 23.2 Å². The Bertz CT molecular complexity index is 647. The van der Waals surface area contributed by atoms with Crippen LogP contribution < -0.4 is 15.4 Å². The Morgan fingerprint density at radius 3 is 2.61 bits per heavy atom. The summed E-state index contributed by atoms with van der Waals surface area (Å²) < 4.78 is 5.11. The van der Waals surface area contributed by atoms with E-state index in [0.29, 0.717) is 17.3 Å². The largest absolute Gasteiger partial charge is 0.495 e. The fourth-order valence-electron chi connectivity index (χ4n) is 2.20. The molecule has 0 bridgehead atoms. The van der Waals surface area contributed by atoms with Crippen LogP contribution in [-0.4, -0.2) is 25.6 Å². The van der Waals surface area contributed by atoms with Gasteiger partial charge in [0.2, 0.25) is 5.91 Å². The normalized spacial score (nSPS) is 11.6. The van der Waals surface area contributed by atoms with E-state index in [2.05, 4.69) is 10.6 Å². The summed E-state index contributed by atoms with van der Waals surface area (Å²) in [6.45, 7) is 2.42. The summed E-state index contributed by atoms with van der Waals surface area (Å²) in [6, 6.07) is 15.1. The van der Waals surface area contributed by atoms with E-state index in [4.69, 9.17) is 16.3 Å². The number of anilines is 1. The van der Waals surface area contributed by atoms with E-state index in [1.54, 1.807) is 19.2 Å². The van der Waals surface area contributed by atoms with Crippen molar-refractivity contribution in [3.05, 3.63) is 59.1 Å². The Labute approximate surface area is 141 Å². The maximum Gasteiger partial charge on any atom is 0.242 e. The summed E-state index contributed by atoms with van der Waals surface area (Å²) in [6.07, 6.45) is 0.813. The molecule has 1 atom stereocenters. The molecule has 2 aromatic rings. The van der Waals surface area contributed by atoms with Crippen molar-refractivity contribution < 1.29 is 9.53 Å². The number of rotatable bonds is 7. The molecule has 0 radical (unpaired) electrons. The molecule has 0 heterocycles. The molecule has 0 unspecified atom stereocenters. The maximum absolute atomic E-state index is 12.1. The minimum Gasteiger partial charge on any atom is -0.495 e. The van der Waals surface area contributed by atoms with Crippen LogP contribution in [0.2, 0.25) is 5.02 Å². The van der Waals surface area contributed by atoms with Gasteiger partial charge in [-0.05, 0) is 37.1 Å². The third-order valence-corrected chi connectivity index (χ3v) is 3.78. The molecule has 2 rings (SSSR count). The molecule has 0 saturated heterocycles. The van der Waals surface area contributed by atoms with Crippen LogP contribution in [0.1, 0.15) is 12.5 Å². The van der Waals surface area contributed by atoms with Crippen LogP contribution in [0.4, 0.5) is 5.69 Å². The summed E-state index contributed by atoms with van der Waals surface area (Å²) in [5.74, 6) is 0.560. The third-order valence-electron chi connectivity index (χ3n) is 3.48. The Morgan fingerprint density at radius 2 is 1.96 bits per heavy atom. The number of nitrogens with one attached hydrogen (secondary N) is 2. The maximum atomic E-state index is 12.1. The van der Waals surface area contributed by atoms with Crippen molar-refractivity contribution in [2.24, 2.45) is 0 Å². The van der Waals surface area contributed by atoms with Gasteiger partial charge >= 0.3 is 0 Å². The second-order valence-electron chi connectivity index (χ2n) is 5.24. The minimum atomic E-state index is -0.352. The van der Waals surface area contributed by atoms with Gasteiger partial charge in [0.15, 0.2) is 0 Å². The summed E-state index contributed by atoms with van der Waals surface area (Å²) in [4.78, 5) is 12.1. The smallest absolute Gasteiger partial charge is 0.242 e. The van der Waals surface area contributed by atoms with Crippen LogP contribution in [0.15, 0.2) is 48.5 Å². The van der Waals surface area contributed by atoms with Crippen molar-refractivity contribution in [2.75, 3.05) is 19.0 Å². The number of carbonyl (C=O) groups is 1. The van der Waals surface area contributed by atoms with Crippen molar-refractivity contribution in [2.45, 2.75) is 19.4 Å². The van der Waals surface area contributed by atoms with E-state index in [1.165, 1.54) is 5.56 Å². The molecule has 0 aliphatic carbocycles. The second kappa shape index (κ2) is 8.44. The van der Waals surface area contributed by atoms with E-state index < -0.39 is 0 Å². The van der Waals surface area contributed by atoms with Crippen molar-refractivity contribution in [1.29, 1.82) is 0 Å². The minimum absolute atomic E-state index is 0.0483. The lowest BCUT2D eigenvalue weighted by molar-refractivity contribution is -0.121. The van der Waals surface area contributed by atoms with Crippen LogP contribution >= 0.6 is 11.6 Å². The number of hydrogen-bond acceptors (Lipinski definition) is 3. The number of hydrogen-bond donors (Lipinski definition) is 2. The van der Waals surface area contributed by atoms with Gasteiger partial charge in [-0.2, -0.15) is 0 Å². The highest BCUT2D eigenvalue weighted by molar-refractivity contribution is 6.32. The van der Waals surface area contributed by atoms with E-state index >= 15 is 0 Å². The summed E-state index contributed by atoms with van der Waals surface area (Å²) in [7, 11) is 1.57. The molecule has 4 nitrogen and oxygen atoms in total. The Kier molecular flexibility index (Phi) is 6.29. The van der Waals surface area contributed by atoms with Crippen LogP contribution in [0, 0.1) is 0 Å². The monoisotopic (exact) mass is 332 g/mol. The zero-order valence-corrected chi connectivity index (χ0v) is 14.1. The molecule has 122 valence electrons. The lowest BCUT2D eigenvalue weighted by atomic mass is 10.1. The number of benzene rings is 2. The SMILES string of the molecule is COc1ccc(N[C@@H](C)C(=O)NCCc2ccccc2)cc1Cl. The van der Waals surface area contributed by atoms with Crippen LogP contribution in [0.3, 0.4) is 0 Å². The molecule has 2 aromatic carbocycles. The molecule has 23 heavy (non-hydrogen) atoms. The first kappa shape index (κ1) is 17.2. The first-order valence-corrected chi connectivity index (χ1v) is 7.89. The highest BCUT2D eigenvalue weighted by Gasteiger charge is 2.12. The number of carbonyl (C=O) groups excluding carboxylic acids is 1. The molecule has 1 amide bonds. The number of halogens is 1. The standard InChI is InChI=1S/C18H21ClN2O2/c1-13(21-15-8-9-17(23-2)16(19)12-15)18(22)20-11-10-14-6-4-3-5-7-14/h3-9,12-13,21H,10-11H2,1-2H3,(H,20,22)/t13-/m0/s1.